The zero-order valence-electron chi connectivity index (χ0n) is 19.6. The number of alkyl carbamates (subject to hydrolysis) is 1. The van der Waals surface area contributed by atoms with Crippen LogP contribution in [0, 0.1) is 17.2 Å². The van der Waals surface area contributed by atoms with E-state index in [2.05, 4.69) is 20.7 Å². The lowest BCUT2D eigenvalue weighted by atomic mass is 10.1. The molecule has 0 bridgehead atoms. The summed E-state index contributed by atoms with van der Waals surface area (Å²) >= 11 is 0. The SMILES string of the molecule is C/C=C\CCC(/C=C/c1c(C#N)c2c(n1CC1CC1)=CCC(OC(F)F)=CC=2)NC(=O)OCC. The van der Waals surface area contributed by atoms with E-state index in [0.717, 1.165) is 36.9 Å². The molecule has 1 fully saturated rings. The van der Waals surface area contributed by atoms with Crippen LogP contribution in [0.5, 0.6) is 0 Å². The number of carbonyl (C=O) groups is 1. The largest absolute Gasteiger partial charge is 0.450 e. The number of allylic oxidation sites excluding steroid dienone is 4. The molecule has 6 nitrogen and oxygen atoms in total. The van der Waals surface area contributed by atoms with Gasteiger partial charge >= 0.3 is 12.7 Å². The van der Waals surface area contributed by atoms with Gasteiger partial charge < -0.3 is 19.4 Å². The smallest absolute Gasteiger partial charge is 0.407 e. The van der Waals surface area contributed by atoms with Gasteiger partial charge in [-0.25, -0.2) is 4.79 Å². The second-order valence-electron chi connectivity index (χ2n) is 8.29. The van der Waals surface area contributed by atoms with Crippen molar-refractivity contribution in [3.05, 3.63) is 51.9 Å². The highest BCUT2D eigenvalue weighted by molar-refractivity contribution is 5.68. The average molecular weight is 472 g/mol. The maximum Gasteiger partial charge on any atom is 0.407 e. The van der Waals surface area contributed by atoms with E-state index in [1.807, 2.05) is 37.3 Å². The molecule has 34 heavy (non-hydrogen) atoms. The topological polar surface area (TPSA) is 76.3 Å². The van der Waals surface area contributed by atoms with Crippen LogP contribution in [-0.4, -0.2) is 29.9 Å². The van der Waals surface area contributed by atoms with Crippen molar-refractivity contribution in [1.82, 2.24) is 9.88 Å². The molecule has 1 aromatic rings. The number of nitrogens with zero attached hydrogens (tertiary/aromatic N) is 2. The Morgan fingerprint density at radius 1 is 1.38 bits per heavy atom. The van der Waals surface area contributed by atoms with Crippen LogP contribution in [0.1, 0.15) is 57.2 Å². The molecule has 1 atom stereocenters. The Balaban J connectivity index is 2.00. The van der Waals surface area contributed by atoms with Crippen LogP contribution in [0.25, 0.3) is 18.2 Å². The minimum atomic E-state index is -2.89. The van der Waals surface area contributed by atoms with Crippen molar-refractivity contribution >= 4 is 24.3 Å². The van der Waals surface area contributed by atoms with E-state index in [-0.39, 0.29) is 24.8 Å². The van der Waals surface area contributed by atoms with Crippen molar-refractivity contribution in [3.8, 4) is 6.07 Å². The summed E-state index contributed by atoms with van der Waals surface area (Å²) in [4.78, 5) is 12.0. The van der Waals surface area contributed by atoms with Crippen molar-refractivity contribution in [2.24, 2.45) is 5.92 Å². The lowest BCUT2D eigenvalue weighted by molar-refractivity contribution is -0.0967. The van der Waals surface area contributed by atoms with Crippen molar-refractivity contribution in [1.29, 1.82) is 5.26 Å². The number of halogens is 2. The number of ether oxygens (including phenoxy) is 2. The highest BCUT2D eigenvalue weighted by Crippen LogP contribution is 2.31. The predicted octanol–water partition coefficient (Wildman–Crippen LogP) is 4.34. The first-order valence-corrected chi connectivity index (χ1v) is 11.7. The van der Waals surface area contributed by atoms with E-state index in [9.17, 15) is 18.8 Å². The first-order valence-electron chi connectivity index (χ1n) is 11.7. The molecule has 1 N–H and O–H groups in total. The predicted molar refractivity (Wildman–Crippen MR) is 127 cm³/mol. The molecule has 0 radical (unpaired) electrons. The summed E-state index contributed by atoms with van der Waals surface area (Å²) in [5, 5.41) is 14.4. The molecule has 2 aliphatic rings. The van der Waals surface area contributed by atoms with Gasteiger partial charge in [0.2, 0.25) is 0 Å². The fourth-order valence-electron chi connectivity index (χ4n) is 3.94. The number of nitrogens with one attached hydrogen (secondary N) is 1. The van der Waals surface area contributed by atoms with E-state index >= 15 is 0 Å². The number of rotatable bonds is 11. The van der Waals surface area contributed by atoms with Crippen LogP contribution in [0.15, 0.2) is 30.1 Å². The van der Waals surface area contributed by atoms with E-state index in [0.29, 0.717) is 23.1 Å². The van der Waals surface area contributed by atoms with Gasteiger partial charge in [-0.05, 0) is 63.7 Å². The molecule has 8 heteroatoms. The molecule has 1 saturated carbocycles. The lowest BCUT2D eigenvalue weighted by Gasteiger charge is -2.14. The monoisotopic (exact) mass is 471 g/mol. The van der Waals surface area contributed by atoms with E-state index in [1.165, 1.54) is 6.08 Å². The van der Waals surface area contributed by atoms with Crippen LogP contribution >= 0.6 is 0 Å². The Labute approximate surface area is 198 Å². The number of carbonyl (C=O) groups excluding carboxylic acids is 1. The molecule has 1 unspecified atom stereocenters. The molecule has 2 aliphatic carbocycles. The Bertz CT molecular complexity index is 1120. The van der Waals surface area contributed by atoms with Crippen LogP contribution < -0.4 is 15.9 Å². The summed E-state index contributed by atoms with van der Waals surface area (Å²) in [6.07, 6.45) is 16.2. The van der Waals surface area contributed by atoms with Gasteiger partial charge in [-0.1, -0.05) is 24.3 Å². The van der Waals surface area contributed by atoms with Crippen molar-refractivity contribution in [2.75, 3.05) is 6.61 Å². The van der Waals surface area contributed by atoms with Gasteiger partial charge in [0, 0.05) is 23.5 Å². The van der Waals surface area contributed by atoms with Gasteiger partial charge in [0.15, 0.2) is 0 Å². The zero-order valence-corrected chi connectivity index (χ0v) is 19.6. The third-order valence-corrected chi connectivity index (χ3v) is 5.75. The van der Waals surface area contributed by atoms with Gasteiger partial charge in [-0.15, -0.1) is 0 Å². The fourth-order valence-corrected chi connectivity index (χ4v) is 3.94. The molecule has 1 amide bonds. The van der Waals surface area contributed by atoms with Gasteiger partial charge in [0.05, 0.1) is 23.9 Å². The van der Waals surface area contributed by atoms with Crippen molar-refractivity contribution in [3.63, 3.8) is 0 Å². The Hall–Kier alpha value is -3.34. The number of amides is 1. The first kappa shape index (κ1) is 25.3. The normalized spacial score (nSPS) is 16.3. The molecule has 182 valence electrons. The first-order chi connectivity index (χ1) is 16.5. The maximum atomic E-state index is 12.7. The average Bonchev–Trinajstić information content (AvgIpc) is 3.59. The second kappa shape index (κ2) is 12.2. The van der Waals surface area contributed by atoms with Gasteiger partial charge in [0.25, 0.3) is 0 Å². The minimum Gasteiger partial charge on any atom is -0.450 e. The number of fused-ring (bicyclic) bond motifs is 1. The fraction of sp³-hybridized carbons (Fsp3) is 0.462. The summed E-state index contributed by atoms with van der Waals surface area (Å²) in [7, 11) is 0. The molecule has 0 saturated heterocycles. The van der Waals surface area contributed by atoms with Gasteiger partial charge in [0.1, 0.15) is 11.8 Å². The van der Waals surface area contributed by atoms with E-state index < -0.39 is 12.7 Å². The molecule has 3 rings (SSSR count). The minimum absolute atomic E-state index is 0.160. The molecular formula is C26H31F2N3O3. The number of hydrogen-bond acceptors (Lipinski definition) is 4. The van der Waals surface area contributed by atoms with Gasteiger partial charge in [-0.3, -0.25) is 0 Å². The number of nitriles is 1. The number of aromatic nitrogens is 1. The highest BCUT2D eigenvalue weighted by atomic mass is 19.3. The molecule has 0 aromatic carbocycles. The third kappa shape index (κ3) is 6.83. The third-order valence-electron chi connectivity index (χ3n) is 5.75. The van der Waals surface area contributed by atoms with Crippen LogP contribution in [0.2, 0.25) is 0 Å². The summed E-state index contributed by atoms with van der Waals surface area (Å²) in [5.41, 5.74) is 1.22. The summed E-state index contributed by atoms with van der Waals surface area (Å²) < 4.78 is 37.1. The van der Waals surface area contributed by atoms with Crippen LogP contribution in [-0.2, 0) is 16.0 Å². The second-order valence-corrected chi connectivity index (χ2v) is 8.29. The quantitative estimate of drug-likeness (QED) is 0.487. The molecular weight excluding hydrogens is 440 g/mol. The highest BCUT2D eigenvalue weighted by Gasteiger charge is 2.25. The van der Waals surface area contributed by atoms with E-state index in [1.54, 1.807) is 13.0 Å². The summed E-state index contributed by atoms with van der Waals surface area (Å²) in [5.74, 6) is 0.688. The van der Waals surface area contributed by atoms with E-state index in [4.69, 9.17) is 4.74 Å². The summed E-state index contributed by atoms with van der Waals surface area (Å²) in [6.45, 7) is 1.83. The van der Waals surface area contributed by atoms with Crippen LogP contribution in [0.3, 0.4) is 0 Å². The van der Waals surface area contributed by atoms with Gasteiger partial charge in [-0.2, -0.15) is 14.0 Å². The maximum absolute atomic E-state index is 12.7. The summed E-state index contributed by atoms with van der Waals surface area (Å²) in [6, 6.07) is 2.02. The molecule has 0 aliphatic heterocycles. The Morgan fingerprint density at radius 2 is 2.18 bits per heavy atom. The molecule has 1 heterocycles. The number of alkyl halides is 2. The molecule has 1 aromatic heterocycles. The Kier molecular flexibility index (Phi) is 9.08. The van der Waals surface area contributed by atoms with Crippen LogP contribution in [0.4, 0.5) is 13.6 Å². The Morgan fingerprint density at radius 3 is 2.82 bits per heavy atom. The van der Waals surface area contributed by atoms with Crippen molar-refractivity contribution < 1.29 is 23.0 Å². The zero-order chi connectivity index (χ0) is 24.5. The van der Waals surface area contributed by atoms with Crippen molar-refractivity contribution in [2.45, 2.75) is 65.1 Å². The lowest BCUT2D eigenvalue weighted by Crippen LogP contribution is -2.33. The molecule has 0 spiro atoms. The number of hydrogen-bond donors (Lipinski definition) is 1. The standard InChI is InChI=1S/C26H31F2N3O3/c1-3-5-6-7-19(30-26(32)33-4-2)10-14-24-22(16-29)21-13-11-20(34-25(27)28)12-15-23(21)31(24)17-18-8-9-18/h3,5,10-11,13-15,18-19,25H,4,6-9,12,17H2,1-2H3,(H,30,32)/b5-3-,14-10+.